The molecular weight excluding hydrogens is 248 g/mol. The SMILES string of the molecule is CC(CCl)C(C)NCc1ccc(F)c(Cl)c1. The van der Waals surface area contributed by atoms with E-state index in [1.165, 1.54) is 6.07 Å². The van der Waals surface area contributed by atoms with E-state index in [0.29, 0.717) is 24.4 Å². The van der Waals surface area contributed by atoms with E-state index in [2.05, 4.69) is 19.2 Å². The highest BCUT2D eigenvalue weighted by Crippen LogP contribution is 2.16. The van der Waals surface area contributed by atoms with Crippen molar-refractivity contribution >= 4 is 23.2 Å². The molecule has 16 heavy (non-hydrogen) atoms. The third kappa shape index (κ3) is 3.93. The monoisotopic (exact) mass is 263 g/mol. The predicted octanol–water partition coefficient (Wildman–Crippen LogP) is 3.83. The molecule has 2 atom stereocenters. The van der Waals surface area contributed by atoms with Gasteiger partial charge in [0.15, 0.2) is 0 Å². The van der Waals surface area contributed by atoms with Gasteiger partial charge in [0.1, 0.15) is 5.82 Å². The Kier molecular flexibility index (Phi) is 5.53. The van der Waals surface area contributed by atoms with Crippen molar-refractivity contribution in [1.29, 1.82) is 0 Å². The minimum Gasteiger partial charge on any atom is -0.310 e. The lowest BCUT2D eigenvalue weighted by atomic mass is 10.1. The Balaban J connectivity index is 2.51. The second-order valence-electron chi connectivity index (χ2n) is 4.05. The Morgan fingerprint density at radius 1 is 1.38 bits per heavy atom. The number of hydrogen-bond acceptors (Lipinski definition) is 1. The normalized spacial score (nSPS) is 14.8. The van der Waals surface area contributed by atoms with Crippen LogP contribution in [-0.2, 0) is 6.54 Å². The van der Waals surface area contributed by atoms with Gasteiger partial charge in [0, 0.05) is 18.5 Å². The van der Waals surface area contributed by atoms with E-state index < -0.39 is 0 Å². The molecule has 0 aliphatic heterocycles. The number of halogens is 3. The first-order valence-electron chi connectivity index (χ1n) is 5.28. The average Bonchev–Trinajstić information content (AvgIpc) is 2.29. The van der Waals surface area contributed by atoms with Crippen LogP contribution in [0.3, 0.4) is 0 Å². The molecule has 0 aliphatic rings. The summed E-state index contributed by atoms with van der Waals surface area (Å²) in [6.45, 7) is 4.84. The van der Waals surface area contributed by atoms with Gasteiger partial charge < -0.3 is 5.32 Å². The molecule has 0 heterocycles. The lowest BCUT2D eigenvalue weighted by Gasteiger charge is -2.19. The van der Waals surface area contributed by atoms with E-state index in [1.54, 1.807) is 12.1 Å². The van der Waals surface area contributed by atoms with Gasteiger partial charge in [-0.1, -0.05) is 24.6 Å². The van der Waals surface area contributed by atoms with Gasteiger partial charge in [-0.25, -0.2) is 4.39 Å². The molecule has 0 aromatic heterocycles. The van der Waals surface area contributed by atoms with Crippen molar-refractivity contribution in [3.63, 3.8) is 0 Å². The summed E-state index contributed by atoms with van der Waals surface area (Å²) in [4.78, 5) is 0. The topological polar surface area (TPSA) is 12.0 Å². The molecule has 90 valence electrons. The fourth-order valence-electron chi connectivity index (χ4n) is 1.26. The highest BCUT2D eigenvalue weighted by molar-refractivity contribution is 6.30. The zero-order valence-corrected chi connectivity index (χ0v) is 10.9. The van der Waals surface area contributed by atoms with Crippen LogP contribution in [0.2, 0.25) is 5.02 Å². The van der Waals surface area contributed by atoms with Crippen LogP contribution >= 0.6 is 23.2 Å². The Hall–Kier alpha value is -0.310. The average molecular weight is 264 g/mol. The first kappa shape index (κ1) is 13.8. The fourth-order valence-corrected chi connectivity index (χ4v) is 1.73. The third-order valence-electron chi connectivity index (χ3n) is 2.71. The summed E-state index contributed by atoms with van der Waals surface area (Å²) in [6, 6.07) is 5.07. The van der Waals surface area contributed by atoms with Crippen molar-refractivity contribution in [2.24, 2.45) is 5.92 Å². The highest BCUT2D eigenvalue weighted by atomic mass is 35.5. The van der Waals surface area contributed by atoms with Gasteiger partial charge in [-0.05, 0) is 30.5 Å². The predicted molar refractivity (Wildman–Crippen MR) is 67.6 cm³/mol. The highest BCUT2D eigenvalue weighted by Gasteiger charge is 2.10. The molecule has 4 heteroatoms. The van der Waals surface area contributed by atoms with Crippen LogP contribution in [-0.4, -0.2) is 11.9 Å². The van der Waals surface area contributed by atoms with Crippen LogP contribution < -0.4 is 5.32 Å². The lowest BCUT2D eigenvalue weighted by molar-refractivity contribution is 0.430. The fraction of sp³-hybridized carbons (Fsp3) is 0.500. The van der Waals surface area contributed by atoms with Gasteiger partial charge >= 0.3 is 0 Å². The summed E-state index contributed by atoms with van der Waals surface area (Å²) in [5.74, 6) is 0.642. The number of nitrogens with one attached hydrogen (secondary N) is 1. The summed E-state index contributed by atoms with van der Waals surface area (Å²) in [5.41, 5.74) is 0.972. The lowest BCUT2D eigenvalue weighted by Crippen LogP contribution is -2.32. The Morgan fingerprint density at radius 2 is 2.06 bits per heavy atom. The smallest absolute Gasteiger partial charge is 0.141 e. The summed E-state index contributed by atoms with van der Waals surface area (Å²) in [7, 11) is 0. The van der Waals surface area contributed by atoms with E-state index in [0.717, 1.165) is 5.56 Å². The van der Waals surface area contributed by atoms with Crippen molar-refractivity contribution in [2.75, 3.05) is 5.88 Å². The van der Waals surface area contributed by atoms with Crippen molar-refractivity contribution in [3.05, 3.63) is 34.6 Å². The van der Waals surface area contributed by atoms with Crippen molar-refractivity contribution in [2.45, 2.75) is 26.4 Å². The molecule has 0 radical (unpaired) electrons. The van der Waals surface area contributed by atoms with Crippen LogP contribution in [0, 0.1) is 11.7 Å². The van der Waals surface area contributed by atoms with Gasteiger partial charge in [0.2, 0.25) is 0 Å². The summed E-state index contributed by atoms with van der Waals surface area (Å²) in [5, 5.41) is 3.49. The molecular formula is C12H16Cl2FN. The van der Waals surface area contributed by atoms with Gasteiger partial charge in [0.05, 0.1) is 5.02 Å². The first-order chi connectivity index (χ1) is 7.54. The molecule has 0 fully saturated rings. The molecule has 2 unspecified atom stereocenters. The number of hydrogen-bond donors (Lipinski definition) is 1. The Bertz CT molecular complexity index is 344. The number of alkyl halides is 1. The third-order valence-corrected chi connectivity index (χ3v) is 3.49. The standard InChI is InChI=1S/C12H16Cl2FN/c1-8(6-13)9(2)16-7-10-3-4-12(15)11(14)5-10/h3-5,8-9,16H,6-7H2,1-2H3. The van der Waals surface area contributed by atoms with Gasteiger partial charge in [-0.3, -0.25) is 0 Å². The molecule has 1 aromatic carbocycles. The van der Waals surface area contributed by atoms with Crippen LogP contribution in [0.4, 0.5) is 4.39 Å². The summed E-state index contributed by atoms with van der Waals surface area (Å²) >= 11 is 11.5. The summed E-state index contributed by atoms with van der Waals surface area (Å²) in [6.07, 6.45) is 0. The molecule has 1 rings (SSSR count). The molecule has 0 saturated heterocycles. The minimum atomic E-state index is -0.382. The molecule has 0 spiro atoms. The molecule has 0 bridgehead atoms. The maximum absolute atomic E-state index is 12.9. The number of rotatable bonds is 5. The minimum absolute atomic E-state index is 0.164. The summed E-state index contributed by atoms with van der Waals surface area (Å²) < 4.78 is 12.9. The molecule has 1 nitrogen and oxygen atoms in total. The Labute approximate surface area is 106 Å². The van der Waals surface area contributed by atoms with Gasteiger partial charge in [-0.2, -0.15) is 0 Å². The first-order valence-corrected chi connectivity index (χ1v) is 6.19. The second-order valence-corrected chi connectivity index (χ2v) is 4.77. The molecule has 0 amide bonds. The maximum atomic E-state index is 12.9. The van der Waals surface area contributed by atoms with Crippen LogP contribution in [0.25, 0.3) is 0 Å². The maximum Gasteiger partial charge on any atom is 0.141 e. The van der Waals surface area contributed by atoms with E-state index in [1.807, 2.05) is 0 Å². The molecule has 0 aliphatic carbocycles. The van der Waals surface area contributed by atoms with Crippen LogP contribution in [0.15, 0.2) is 18.2 Å². The van der Waals surface area contributed by atoms with E-state index in [-0.39, 0.29) is 10.8 Å². The number of benzene rings is 1. The van der Waals surface area contributed by atoms with Crippen LogP contribution in [0.5, 0.6) is 0 Å². The van der Waals surface area contributed by atoms with Crippen molar-refractivity contribution < 1.29 is 4.39 Å². The largest absolute Gasteiger partial charge is 0.310 e. The van der Waals surface area contributed by atoms with Gasteiger partial charge in [-0.15, -0.1) is 11.6 Å². The van der Waals surface area contributed by atoms with Crippen molar-refractivity contribution in [3.8, 4) is 0 Å². The van der Waals surface area contributed by atoms with Crippen molar-refractivity contribution in [1.82, 2.24) is 5.32 Å². The quantitative estimate of drug-likeness (QED) is 0.797. The van der Waals surface area contributed by atoms with E-state index in [9.17, 15) is 4.39 Å². The molecule has 1 aromatic rings. The van der Waals surface area contributed by atoms with E-state index in [4.69, 9.17) is 23.2 Å². The van der Waals surface area contributed by atoms with Gasteiger partial charge in [0.25, 0.3) is 0 Å². The Morgan fingerprint density at radius 3 is 2.62 bits per heavy atom. The van der Waals surface area contributed by atoms with E-state index >= 15 is 0 Å². The zero-order chi connectivity index (χ0) is 12.1. The second kappa shape index (κ2) is 6.43. The molecule has 1 N–H and O–H groups in total. The molecule has 0 saturated carbocycles. The van der Waals surface area contributed by atoms with Crippen LogP contribution in [0.1, 0.15) is 19.4 Å². The zero-order valence-electron chi connectivity index (χ0n) is 9.43.